The Morgan fingerprint density at radius 3 is 2.79 bits per heavy atom. The fraction of sp³-hybridized carbons (Fsp3) is 0.471. The molecule has 3 heterocycles. The zero-order chi connectivity index (χ0) is 16.9. The topological polar surface area (TPSA) is 62.3 Å². The Kier molecular flexibility index (Phi) is 5.63. The van der Waals surface area contributed by atoms with Gasteiger partial charge in [0.2, 0.25) is 5.91 Å². The van der Waals surface area contributed by atoms with E-state index in [4.69, 9.17) is 0 Å². The van der Waals surface area contributed by atoms with Crippen LogP contribution in [-0.4, -0.2) is 41.3 Å². The molecule has 7 heteroatoms. The van der Waals surface area contributed by atoms with Gasteiger partial charge in [-0.2, -0.15) is 0 Å². The second-order valence-corrected chi connectivity index (χ2v) is 7.68. The van der Waals surface area contributed by atoms with Crippen molar-refractivity contribution in [1.29, 1.82) is 0 Å². The van der Waals surface area contributed by atoms with Gasteiger partial charge in [-0.15, -0.1) is 22.7 Å². The summed E-state index contributed by atoms with van der Waals surface area (Å²) < 4.78 is 0. The molecule has 0 saturated carbocycles. The second kappa shape index (κ2) is 7.90. The Labute approximate surface area is 149 Å². The maximum Gasteiger partial charge on any atom is 0.273 e. The number of rotatable bonds is 5. The number of nitrogens with one attached hydrogen (secondary N) is 1. The van der Waals surface area contributed by atoms with E-state index in [-0.39, 0.29) is 17.7 Å². The monoisotopic (exact) mass is 363 g/mol. The Morgan fingerprint density at radius 1 is 1.33 bits per heavy atom. The lowest BCUT2D eigenvalue weighted by Gasteiger charge is -2.30. The van der Waals surface area contributed by atoms with Crippen molar-refractivity contribution >= 4 is 34.5 Å². The molecule has 1 saturated heterocycles. The van der Waals surface area contributed by atoms with Crippen LogP contribution in [0, 0.1) is 5.92 Å². The number of piperidine rings is 1. The van der Waals surface area contributed by atoms with Crippen LogP contribution < -0.4 is 5.32 Å². The highest BCUT2D eigenvalue weighted by Crippen LogP contribution is 2.28. The summed E-state index contributed by atoms with van der Waals surface area (Å²) >= 11 is 3.13. The SMILES string of the molecule is CCCNC(=O)C1CCN(C(=O)c2csc(-c3cccs3)n2)CC1. The summed E-state index contributed by atoms with van der Waals surface area (Å²) in [4.78, 5) is 32.0. The highest BCUT2D eigenvalue weighted by molar-refractivity contribution is 7.20. The van der Waals surface area contributed by atoms with Gasteiger partial charge in [-0.3, -0.25) is 9.59 Å². The average molecular weight is 364 g/mol. The van der Waals surface area contributed by atoms with Gasteiger partial charge in [0, 0.05) is 30.9 Å². The number of likely N-dealkylation sites (tertiary alicyclic amines) is 1. The molecule has 0 radical (unpaired) electrons. The number of hydrogen-bond donors (Lipinski definition) is 1. The van der Waals surface area contributed by atoms with Crippen LogP contribution in [0.2, 0.25) is 0 Å². The largest absolute Gasteiger partial charge is 0.356 e. The number of hydrogen-bond acceptors (Lipinski definition) is 5. The number of carbonyl (C=O) groups excluding carboxylic acids is 2. The summed E-state index contributed by atoms with van der Waals surface area (Å²) in [6.45, 7) is 4.01. The van der Waals surface area contributed by atoms with Gasteiger partial charge in [-0.05, 0) is 30.7 Å². The maximum absolute atomic E-state index is 12.6. The molecule has 2 amide bonds. The van der Waals surface area contributed by atoms with E-state index in [2.05, 4.69) is 10.3 Å². The molecular formula is C17H21N3O2S2. The van der Waals surface area contributed by atoms with Crippen LogP contribution in [0.25, 0.3) is 9.88 Å². The minimum Gasteiger partial charge on any atom is -0.356 e. The molecule has 2 aromatic rings. The molecule has 3 rings (SSSR count). The third-order valence-electron chi connectivity index (χ3n) is 4.16. The fourth-order valence-corrected chi connectivity index (χ4v) is 4.39. The third-order valence-corrected chi connectivity index (χ3v) is 6.04. The van der Waals surface area contributed by atoms with Crippen molar-refractivity contribution < 1.29 is 9.59 Å². The predicted molar refractivity (Wildman–Crippen MR) is 97.4 cm³/mol. The average Bonchev–Trinajstić information content (AvgIpc) is 3.30. The first-order valence-corrected chi connectivity index (χ1v) is 10.0. The van der Waals surface area contributed by atoms with Crippen LogP contribution in [0.15, 0.2) is 22.9 Å². The first kappa shape index (κ1) is 17.1. The maximum atomic E-state index is 12.6. The summed E-state index contributed by atoms with van der Waals surface area (Å²) in [6, 6.07) is 4.00. The summed E-state index contributed by atoms with van der Waals surface area (Å²) in [5.41, 5.74) is 0.511. The molecule has 0 spiro atoms. The van der Waals surface area contributed by atoms with Crippen LogP contribution >= 0.6 is 22.7 Å². The van der Waals surface area contributed by atoms with Crippen molar-refractivity contribution in [3.05, 3.63) is 28.6 Å². The van der Waals surface area contributed by atoms with Crippen LogP contribution in [-0.2, 0) is 4.79 Å². The lowest BCUT2D eigenvalue weighted by Crippen LogP contribution is -2.43. The number of nitrogens with zero attached hydrogens (tertiary/aromatic N) is 2. The molecule has 1 fully saturated rings. The fourth-order valence-electron chi connectivity index (χ4n) is 2.78. The van der Waals surface area contributed by atoms with E-state index < -0.39 is 0 Å². The summed E-state index contributed by atoms with van der Waals surface area (Å²) in [6.07, 6.45) is 2.39. The Bertz CT molecular complexity index is 689. The predicted octanol–water partition coefficient (Wildman–Crippen LogP) is 3.25. The molecule has 1 N–H and O–H groups in total. The number of thiazole rings is 1. The van der Waals surface area contributed by atoms with E-state index >= 15 is 0 Å². The normalized spacial score (nSPS) is 15.5. The van der Waals surface area contributed by atoms with Gasteiger partial charge >= 0.3 is 0 Å². The van der Waals surface area contributed by atoms with E-state index in [9.17, 15) is 9.59 Å². The van der Waals surface area contributed by atoms with E-state index in [0.29, 0.717) is 18.8 Å². The Balaban J connectivity index is 1.56. The quantitative estimate of drug-likeness (QED) is 0.887. The molecule has 1 aliphatic heterocycles. The molecule has 2 aromatic heterocycles. The molecule has 24 heavy (non-hydrogen) atoms. The van der Waals surface area contributed by atoms with Crippen molar-refractivity contribution in [3.63, 3.8) is 0 Å². The van der Waals surface area contributed by atoms with Crippen molar-refractivity contribution in [2.75, 3.05) is 19.6 Å². The van der Waals surface area contributed by atoms with Gasteiger partial charge < -0.3 is 10.2 Å². The summed E-state index contributed by atoms with van der Waals surface area (Å²) in [5.74, 6) is 0.122. The van der Waals surface area contributed by atoms with Gasteiger partial charge in [0.05, 0.1) is 4.88 Å². The molecule has 5 nitrogen and oxygen atoms in total. The van der Waals surface area contributed by atoms with Gasteiger partial charge in [0.15, 0.2) is 0 Å². The van der Waals surface area contributed by atoms with Crippen molar-refractivity contribution in [1.82, 2.24) is 15.2 Å². The molecule has 0 aromatic carbocycles. The highest BCUT2D eigenvalue weighted by atomic mass is 32.1. The van der Waals surface area contributed by atoms with Gasteiger partial charge in [0.25, 0.3) is 5.91 Å². The van der Waals surface area contributed by atoms with Crippen LogP contribution in [0.3, 0.4) is 0 Å². The van der Waals surface area contributed by atoms with Gasteiger partial charge in [-0.1, -0.05) is 13.0 Å². The van der Waals surface area contributed by atoms with E-state index in [1.807, 2.05) is 34.7 Å². The minimum absolute atomic E-state index is 0.0257. The van der Waals surface area contributed by atoms with Crippen molar-refractivity contribution in [2.45, 2.75) is 26.2 Å². The van der Waals surface area contributed by atoms with Crippen molar-refractivity contribution in [2.24, 2.45) is 5.92 Å². The lowest BCUT2D eigenvalue weighted by atomic mass is 9.95. The summed E-state index contributed by atoms with van der Waals surface area (Å²) in [7, 11) is 0. The van der Waals surface area contributed by atoms with Gasteiger partial charge in [0.1, 0.15) is 10.7 Å². The number of thiophene rings is 1. The smallest absolute Gasteiger partial charge is 0.273 e. The van der Waals surface area contributed by atoms with Crippen LogP contribution in [0.1, 0.15) is 36.7 Å². The van der Waals surface area contributed by atoms with E-state index in [1.165, 1.54) is 11.3 Å². The molecular weight excluding hydrogens is 342 g/mol. The molecule has 0 bridgehead atoms. The molecule has 128 valence electrons. The zero-order valence-corrected chi connectivity index (χ0v) is 15.3. The Hall–Kier alpha value is -1.73. The molecule has 0 unspecified atom stereocenters. The standard InChI is InChI=1S/C17H21N3O2S2/c1-2-7-18-15(21)12-5-8-20(9-6-12)17(22)13-11-24-16(19-13)14-4-3-10-23-14/h3-4,10-12H,2,5-9H2,1H3,(H,18,21). The zero-order valence-electron chi connectivity index (χ0n) is 13.7. The minimum atomic E-state index is -0.0264. The third kappa shape index (κ3) is 3.84. The first-order valence-electron chi connectivity index (χ1n) is 8.25. The summed E-state index contributed by atoms with van der Waals surface area (Å²) in [5, 5.41) is 7.67. The van der Waals surface area contributed by atoms with Gasteiger partial charge in [-0.25, -0.2) is 4.98 Å². The number of carbonyl (C=O) groups is 2. The molecule has 0 atom stereocenters. The highest BCUT2D eigenvalue weighted by Gasteiger charge is 2.28. The lowest BCUT2D eigenvalue weighted by molar-refractivity contribution is -0.126. The number of amides is 2. The van der Waals surface area contributed by atoms with Crippen molar-refractivity contribution in [3.8, 4) is 9.88 Å². The van der Waals surface area contributed by atoms with E-state index in [0.717, 1.165) is 35.7 Å². The van der Waals surface area contributed by atoms with E-state index in [1.54, 1.807) is 11.3 Å². The second-order valence-electron chi connectivity index (χ2n) is 5.87. The van der Waals surface area contributed by atoms with Crippen LogP contribution in [0.4, 0.5) is 0 Å². The Morgan fingerprint density at radius 2 is 2.12 bits per heavy atom. The van der Waals surface area contributed by atoms with Crippen LogP contribution in [0.5, 0.6) is 0 Å². The first-order chi connectivity index (χ1) is 11.7. The molecule has 0 aliphatic carbocycles. The molecule has 1 aliphatic rings. The number of aromatic nitrogens is 1.